The van der Waals surface area contributed by atoms with Crippen molar-refractivity contribution in [1.29, 1.82) is 0 Å². The van der Waals surface area contributed by atoms with Gasteiger partial charge in [0.1, 0.15) is 5.82 Å². The Labute approximate surface area is 148 Å². The van der Waals surface area contributed by atoms with Crippen molar-refractivity contribution in [3.8, 4) is 11.3 Å². The number of hydrogen-bond donors (Lipinski definition) is 1. The zero-order valence-corrected chi connectivity index (χ0v) is 15.3. The lowest BCUT2D eigenvalue weighted by molar-refractivity contribution is -0.121. The molecule has 1 aromatic carbocycles. The number of halogens is 1. The van der Waals surface area contributed by atoms with E-state index >= 15 is 0 Å². The average Bonchev–Trinajstić information content (AvgIpc) is 3.02. The number of carbonyl (C=O) groups excluding carboxylic acids is 1. The highest BCUT2D eigenvalue weighted by molar-refractivity contribution is 5.76. The van der Waals surface area contributed by atoms with Gasteiger partial charge in [-0.25, -0.2) is 9.37 Å². The second kappa shape index (κ2) is 8.76. The number of rotatable bonds is 8. The normalized spacial score (nSPS) is 12.6. The summed E-state index contributed by atoms with van der Waals surface area (Å²) in [5.41, 5.74) is 0.760. The Kier molecular flexibility index (Phi) is 6.70. The molecule has 0 radical (unpaired) electrons. The Bertz CT molecular complexity index is 672. The fourth-order valence-electron chi connectivity index (χ4n) is 2.72. The summed E-state index contributed by atoms with van der Waals surface area (Å²) in [6, 6.07) is 6.33. The van der Waals surface area contributed by atoms with Crippen LogP contribution in [-0.4, -0.2) is 42.5 Å². The van der Waals surface area contributed by atoms with Crippen molar-refractivity contribution in [2.24, 2.45) is 5.92 Å². The predicted molar refractivity (Wildman–Crippen MR) is 95.5 cm³/mol. The van der Waals surface area contributed by atoms with Gasteiger partial charge in [0.25, 0.3) is 0 Å². The predicted octanol–water partition coefficient (Wildman–Crippen LogP) is 3.12. The van der Waals surface area contributed by atoms with Gasteiger partial charge in [-0.2, -0.15) is 0 Å². The summed E-state index contributed by atoms with van der Waals surface area (Å²) in [4.78, 5) is 18.3. The van der Waals surface area contributed by atoms with E-state index in [1.807, 2.05) is 14.1 Å². The molecule has 1 amide bonds. The van der Waals surface area contributed by atoms with Crippen molar-refractivity contribution in [3.63, 3.8) is 0 Å². The number of aromatic nitrogens is 1. The number of hydrogen-bond acceptors (Lipinski definition) is 4. The minimum Gasteiger partial charge on any atom is -0.441 e. The quantitative estimate of drug-likeness (QED) is 0.797. The van der Waals surface area contributed by atoms with Gasteiger partial charge in [0, 0.05) is 31.0 Å². The molecule has 1 aromatic heterocycles. The van der Waals surface area contributed by atoms with Crippen LogP contribution < -0.4 is 5.32 Å². The third kappa shape index (κ3) is 5.67. The van der Waals surface area contributed by atoms with Crippen LogP contribution >= 0.6 is 0 Å². The minimum atomic E-state index is -0.294. The number of carbonyl (C=O) groups is 1. The molecule has 2 aromatic rings. The van der Waals surface area contributed by atoms with E-state index in [2.05, 4.69) is 29.0 Å². The molecule has 6 heteroatoms. The van der Waals surface area contributed by atoms with Crippen molar-refractivity contribution in [1.82, 2.24) is 15.2 Å². The van der Waals surface area contributed by atoms with E-state index in [0.717, 1.165) is 5.56 Å². The highest BCUT2D eigenvalue weighted by Crippen LogP contribution is 2.21. The highest BCUT2D eigenvalue weighted by atomic mass is 19.1. The van der Waals surface area contributed by atoms with E-state index in [9.17, 15) is 9.18 Å². The molecule has 1 heterocycles. The van der Waals surface area contributed by atoms with E-state index < -0.39 is 0 Å². The molecule has 0 aliphatic rings. The topological polar surface area (TPSA) is 58.4 Å². The Morgan fingerprint density at radius 1 is 1.28 bits per heavy atom. The van der Waals surface area contributed by atoms with E-state index in [-0.39, 0.29) is 11.7 Å². The lowest BCUT2D eigenvalue weighted by Crippen LogP contribution is -2.43. The van der Waals surface area contributed by atoms with E-state index in [4.69, 9.17) is 4.42 Å². The van der Waals surface area contributed by atoms with Gasteiger partial charge in [-0.3, -0.25) is 4.79 Å². The molecular formula is C19H26FN3O2. The summed E-state index contributed by atoms with van der Waals surface area (Å²) in [5, 5.41) is 2.97. The molecule has 0 aliphatic carbocycles. The molecule has 0 saturated carbocycles. The molecule has 136 valence electrons. The molecule has 2 rings (SSSR count). The molecule has 1 N–H and O–H groups in total. The van der Waals surface area contributed by atoms with Crippen molar-refractivity contribution >= 4 is 5.91 Å². The fraction of sp³-hybridized carbons (Fsp3) is 0.474. The van der Waals surface area contributed by atoms with Crippen LogP contribution in [0, 0.1) is 11.7 Å². The molecule has 25 heavy (non-hydrogen) atoms. The van der Waals surface area contributed by atoms with Crippen LogP contribution in [0.4, 0.5) is 4.39 Å². The molecule has 0 aliphatic heterocycles. The van der Waals surface area contributed by atoms with Gasteiger partial charge in [-0.15, -0.1) is 0 Å². The molecular weight excluding hydrogens is 321 g/mol. The number of nitrogens with one attached hydrogen (secondary N) is 1. The van der Waals surface area contributed by atoms with Crippen LogP contribution in [0.1, 0.15) is 26.2 Å². The van der Waals surface area contributed by atoms with Crippen molar-refractivity contribution in [2.45, 2.75) is 32.7 Å². The van der Waals surface area contributed by atoms with Gasteiger partial charge in [-0.05, 0) is 44.3 Å². The first-order valence-corrected chi connectivity index (χ1v) is 8.50. The molecule has 0 unspecified atom stereocenters. The van der Waals surface area contributed by atoms with Crippen molar-refractivity contribution in [2.75, 3.05) is 20.6 Å². The number of amides is 1. The Hall–Kier alpha value is -2.21. The smallest absolute Gasteiger partial charge is 0.220 e. The Morgan fingerprint density at radius 2 is 1.96 bits per heavy atom. The van der Waals surface area contributed by atoms with Crippen molar-refractivity contribution in [3.05, 3.63) is 42.2 Å². The molecule has 0 spiro atoms. The highest BCUT2D eigenvalue weighted by Gasteiger charge is 2.17. The standard InChI is InChI=1S/C19H26FN3O2/c1-13(2)16(23(3)4)11-21-18(24)9-10-19-22-12-17(25-19)14-5-7-15(20)8-6-14/h5-8,12-13,16H,9-11H2,1-4H3,(H,21,24)/t16-/m0/s1. The fourth-order valence-corrected chi connectivity index (χ4v) is 2.72. The van der Waals surface area contributed by atoms with Gasteiger partial charge in [0.2, 0.25) is 5.91 Å². The molecule has 0 saturated heterocycles. The number of nitrogens with zero attached hydrogens (tertiary/aromatic N) is 2. The summed E-state index contributed by atoms with van der Waals surface area (Å²) >= 11 is 0. The number of aryl methyl sites for hydroxylation is 1. The maximum atomic E-state index is 13.0. The third-order valence-electron chi connectivity index (χ3n) is 4.19. The van der Waals surface area contributed by atoms with Crippen LogP contribution in [0.3, 0.4) is 0 Å². The zero-order valence-electron chi connectivity index (χ0n) is 15.3. The number of oxazole rings is 1. The third-order valence-corrected chi connectivity index (χ3v) is 4.19. The average molecular weight is 347 g/mol. The summed E-state index contributed by atoms with van der Waals surface area (Å²) < 4.78 is 18.6. The molecule has 0 fully saturated rings. The first-order chi connectivity index (χ1) is 11.9. The van der Waals surface area contributed by atoms with Crippen LogP contribution in [-0.2, 0) is 11.2 Å². The van der Waals surface area contributed by atoms with Gasteiger partial charge in [0.15, 0.2) is 11.7 Å². The van der Waals surface area contributed by atoms with E-state index in [1.165, 1.54) is 12.1 Å². The van der Waals surface area contributed by atoms with Crippen LogP contribution in [0.25, 0.3) is 11.3 Å². The summed E-state index contributed by atoms with van der Waals surface area (Å²) in [7, 11) is 4.03. The maximum Gasteiger partial charge on any atom is 0.220 e. The molecule has 0 bridgehead atoms. The Balaban J connectivity index is 1.83. The Morgan fingerprint density at radius 3 is 2.56 bits per heavy atom. The monoisotopic (exact) mass is 347 g/mol. The first-order valence-electron chi connectivity index (χ1n) is 8.50. The SMILES string of the molecule is CC(C)[C@H](CNC(=O)CCc1ncc(-c2ccc(F)cc2)o1)N(C)C. The van der Waals surface area contributed by atoms with Crippen LogP contribution in [0.15, 0.2) is 34.9 Å². The number of likely N-dealkylation sites (N-methyl/N-ethyl adjacent to an activating group) is 1. The first kappa shape index (κ1) is 19.1. The minimum absolute atomic E-state index is 0.0194. The number of benzene rings is 1. The van der Waals surface area contributed by atoms with Gasteiger partial charge in [0.05, 0.1) is 6.20 Å². The van der Waals surface area contributed by atoms with Gasteiger partial charge in [-0.1, -0.05) is 13.8 Å². The lowest BCUT2D eigenvalue weighted by Gasteiger charge is -2.28. The maximum absolute atomic E-state index is 13.0. The molecule has 5 nitrogen and oxygen atoms in total. The van der Waals surface area contributed by atoms with Crippen LogP contribution in [0.2, 0.25) is 0 Å². The summed E-state index contributed by atoms with van der Waals surface area (Å²) in [5.74, 6) is 1.22. The van der Waals surface area contributed by atoms with E-state index in [0.29, 0.717) is 43.0 Å². The van der Waals surface area contributed by atoms with Crippen molar-refractivity contribution < 1.29 is 13.6 Å². The van der Waals surface area contributed by atoms with E-state index in [1.54, 1.807) is 18.3 Å². The van der Waals surface area contributed by atoms with Gasteiger partial charge < -0.3 is 14.6 Å². The van der Waals surface area contributed by atoms with Gasteiger partial charge >= 0.3 is 0 Å². The lowest BCUT2D eigenvalue weighted by atomic mass is 10.0. The summed E-state index contributed by atoms with van der Waals surface area (Å²) in [6.45, 7) is 4.90. The summed E-state index contributed by atoms with van der Waals surface area (Å²) in [6.07, 6.45) is 2.35. The largest absolute Gasteiger partial charge is 0.441 e. The van der Waals surface area contributed by atoms with Crippen LogP contribution in [0.5, 0.6) is 0 Å². The molecule has 1 atom stereocenters. The second-order valence-electron chi connectivity index (χ2n) is 6.70. The second-order valence-corrected chi connectivity index (χ2v) is 6.70. The zero-order chi connectivity index (χ0) is 18.4.